The molecule has 2 aromatic rings. The van der Waals surface area contributed by atoms with Crippen molar-refractivity contribution in [1.82, 2.24) is 15.1 Å². The van der Waals surface area contributed by atoms with E-state index < -0.39 is 51.9 Å². The van der Waals surface area contributed by atoms with Crippen molar-refractivity contribution in [2.24, 2.45) is 0 Å². The Morgan fingerprint density at radius 3 is 2.33 bits per heavy atom. The van der Waals surface area contributed by atoms with E-state index in [4.69, 9.17) is 9.47 Å². The van der Waals surface area contributed by atoms with Gasteiger partial charge in [-0.15, -0.1) is 11.8 Å². The van der Waals surface area contributed by atoms with Gasteiger partial charge < -0.3 is 29.7 Å². The van der Waals surface area contributed by atoms with Crippen molar-refractivity contribution < 1.29 is 33.8 Å². The third kappa shape index (κ3) is 7.15. The first-order chi connectivity index (χ1) is 20.5. The molecule has 3 aliphatic rings. The molecule has 0 aliphatic carbocycles. The van der Waals surface area contributed by atoms with Gasteiger partial charge in [-0.3, -0.25) is 14.4 Å². The van der Waals surface area contributed by atoms with Gasteiger partial charge in [0, 0.05) is 4.75 Å². The van der Waals surface area contributed by atoms with Gasteiger partial charge >= 0.3 is 11.9 Å². The molecule has 3 fully saturated rings. The number of fused-ring (bicyclic) bond motifs is 1. The van der Waals surface area contributed by atoms with E-state index >= 15 is 0 Å². The fourth-order valence-electron chi connectivity index (χ4n) is 5.72. The number of aliphatic carboxylic acids is 1. The number of methoxy groups -OCH3 is 1. The number of thioether (sulfide) groups is 1. The summed E-state index contributed by atoms with van der Waals surface area (Å²) < 4.78 is 10.1. The fourth-order valence-corrected chi connectivity index (χ4v) is 7.35. The predicted octanol–water partition coefficient (Wildman–Crippen LogP) is 3.82. The number of benzene rings is 2. The number of carbonyl (C=O) groups is 4. The van der Waals surface area contributed by atoms with Gasteiger partial charge in [0.1, 0.15) is 17.5 Å². The van der Waals surface area contributed by atoms with E-state index in [9.17, 15) is 24.3 Å². The van der Waals surface area contributed by atoms with Crippen molar-refractivity contribution in [1.29, 1.82) is 0 Å². The lowest BCUT2D eigenvalue weighted by Crippen LogP contribution is -2.71. The third-order valence-electron chi connectivity index (χ3n) is 8.03. The number of esters is 1. The van der Waals surface area contributed by atoms with Crippen molar-refractivity contribution >= 4 is 35.5 Å². The lowest BCUT2D eigenvalue weighted by molar-refractivity contribution is -0.161. The molecule has 11 heteroatoms. The molecule has 232 valence electrons. The summed E-state index contributed by atoms with van der Waals surface area (Å²) >= 11 is 1.31. The molecule has 3 aliphatic heterocycles. The quantitative estimate of drug-likeness (QED) is 0.198. The minimum absolute atomic E-state index is 0.167. The minimum atomic E-state index is -1.35. The van der Waals surface area contributed by atoms with Crippen LogP contribution in [-0.4, -0.2) is 87.6 Å². The summed E-state index contributed by atoms with van der Waals surface area (Å²) in [6.07, 6.45) is 4.30. The number of aryl methyl sites for hydroxylation is 1. The zero-order chi connectivity index (χ0) is 31.3. The van der Waals surface area contributed by atoms with Crippen molar-refractivity contribution in [3.05, 3.63) is 59.7 Å². The Hall–Kier alpha value is -3.57. The molecule has 43 heavy (non-hydrogen) atoms. The Kier molecular flexibility index (Phi) is 10.4. The van der Waals surface area contributed by atoms with Gasteiger partial charge in [0.25, 0.3) is 0 Å². The molecule has 0 bridgehead atoms. The molecule has 0 spiro atoms. The fraction of sp³-hybridized carbons (Fsp3) is 0.500. The SMILES string of the molecule is CCN1CCCCC1.COc1cc(C)ccc1OC(=O)C(C(=O)N[C@@H]1C(=O)N2[C@@H]1SC(C)(C)[C@@H]2C(=O)O)c1ccccc1. The first-order valence-corrected chi connectivity index (χ1v) is 15.5. The Balaban J connectivity index is 0.000000458. The van der Waals surface area contributed by atoms with Crippen LogP contribution in [0.3, 0.4) is 0 Å². The number of β-lactam (4-membered cyclic amide) rings is 1. The van der Waals surface area contributed by atoms with Crippen LogP contribution in [0, 0.1) is 6.92 Å². The summed E-state index contributed by atoms with van der Waals surface area (Å²) in [7, 11) is 1.45. The van der Waals surface area contributed by atoms with E-state index in [0.717, 1.165) is 5.56 Å². The van der Waals surface area contributed by atoms with Crippen LogP contribution in [0.25, 0.3) is 0 Å². The van der Waals surface area contributed by atoms with Crippen molar-refractivity contribution in [2.45, 2.75) is 75.1 Å². The number of nitrogens with zero attached hydrogens (tertiary/aromatic N) is 2. The second-order valence-electron chi connectivity index (χ2n) is 11.5. The van der Waals surface area contributed by atoms with Crippen molar-refractivity contribution in [3.8, 4) is 11.5 Å². The molecule has 2 N–H and O–H groups in total. The summed E-state index contributed by atoms with van der Waals surface area (Å²) in [5, 5.41) is 11.7. The molecule has 2 aromatic carbocycles. The monoisotopic (exact) mass is 611 g/mol. The normalized spacial score (nSPS) is 23.1. The first kappa shape index (κ1) is 32.3. The first-order valence-electron chi connectivity index (χ1n) is 14.6. The van der Waals surface area contributed by atoms with E-state index in [1.807, 2.05) is 6.92 Å². The standard InChI is InChI=1S/C25H26N2O7S.C7H15N/c1-13-10-11-15(16(12-13)33-4)34-24(32)17(14-8-6-5-7-9-14)20(28)26-18-21(29)27-19(23(30)31)25(2,3)35-22(18)27;1-2-8-6-4-3-5-7-8/h5-12,17-19,22H,1-4H3,(H,26,28)(H,30,31);2-7H2,1H3/t17?,18-,19+,22-;/m1./s1. The molecule has 5 rings (SSSR count). The predicted molar refractivity (Wildman–Crippen MR) is 164 cm³/mol. The van der Waals surface area contributed by atoms with E-state index in [0.29, 0.717) is 11.3 Å². The zero-order valence-electron chi connectivity index (χ0n) is 25.4. The summed E-state index contributed by atoms with van der Waals surface area (Å²) in [6, 6.07) is 11.5. The van der Waals surface area contributed by atoms with E-state index in [2.05, 4.69) is 17.1 Å². The van der Waals surface area contributed by atoms with Crippen LogP contribution in [0.5, 0.6) is 11.5 Å². The highest BCUT2D eigenvalue weighted by atomic mass is 32.2. The molecular weight excluding hydrogens is 570 g/mol. The second kappa shape index (κ2) is 13.8. The molecule has 1 unspecified atom stereocenters. The number of carboxylic acids is 1. The van der Waals surface area contributed by atoms with E-state index in [1.54, 1.807) is 62.4 Å². The molecular formula is C32H41N3O7S. The van der Waals surface area contributed by atoms with Crippen LogP contribution >= 0.6 is 11.8 Å². The number of carbonyl (C=O) groups excluding carboxylic acids is 3. The van der Waals surface area contributed by atoms with Gasteiger partial charge in [-0.25, -0.2) is 4.79 Å². The van der Waals surface area contributed by atoms with E-state index in [-0.39, 0.29) is 5.75 Å². The molecule has 2 amide bonds. The van der Waals surface area contributed by atoms with Gasteiger partial charge in [-0.05, 0) is 76.5 Å². The van der Waals surface area contributed by atoms with Crippen molar-refractivity contribution in [3.63, 3.8) is 0 Å². The summed E-state index contributed by atoms with van der Waals surface area (Å²) in [4.78, 5) is 55.0. The zero-order valence-corrected chi connectivity index (χ0v) is 26.2. The number of piperidine rings is 1. The highest BCUT2D eigenvalue weighted by molar-refractivity contribution is 8.01. The summed E-state index contributed by atoms with van der Waals surface area (Å²) in [5.41, 5.74) is 1.30. The molecule has 3 heterocycles. The Morgan fingerprint density at radius 2 is 1.74 bits per heavy atom. The molecule has 0 saturated carbocycles. The smallest absolute Gasteiger partial charge is 0.328 e. The summed E-state index contributed by atoms with van der Waals surface area (Å²) in [6.45, 7) is 11.5. The Bertz CT molecular complexity index is 1330. The number of nitrogens with one attached hydrogen (secondary N) is 1. The molecule has 3 saturated heterocycles. The second-order valence-corrected chi connectivity index (χ2v) is 13.3. The highest BCUT2D eigenvalue weighted by Crippen LogP contribution is 2.50. The largest absolute Gasteiger partial charge is 0.493 e. The third-order valence-corrected chi connectivity index (χ3v) is 9.60. The Morgan fingerprint density at radius 1 is 1.07 bits per heavy atom. The lowest BCUT2D eigenvalue weighted by atomic mass is 9.94. The maximum Gasteiger partial charge on any atom is 0.328 e. The van der Waals surface area contributed by atoms with Gasteiger partial charge in [-0.2, -0.15) is 0 Å². The average molecular weight is 612 g/mol. The van der Waals surface area contributed by atoms with Crippen LogP contribution in [0.4, 0.5) is 0 Å². The molecule has 0 radical (unpaired) electrons. The highest BCUT2D eigenvalue weighted by Gasteiger charge is 2.64. The van der Waals surface area contributed by atoms with Gasteiger partial charge in [0.15, 0.2) is 17.4 Å². The maximum absolute atomic E-state index is 13.4. The molecule has 0 aromatic heterocycles. The van der Waals surface area contributed by atoms with E-state index in [1.165, 1.54) is 62.7 Å². The Labute approximate surface area is 257 Å². The van der Waals surface area contributed by atoms with Gasteiger partial charge in [0.2, 0.25) is 11.8 Å². The summed E-state index contributed by atoms with van der Waals surface area (Å²) in [5.74, 6) is -3.96. The lowest BCUT2D eigenvalue weighted by Gasteiger charge is -2.43. The van der Waals surface area contributed by atoms with Crippen LogP contribution in [0.2, 0.25) is 0 Å². The minimum Gasteiger partial charge on any atom is -0.493 e. The van der Waals surface area contributed by atoms with Gasteiger partial charge in [0.05, 0.1) is 7.11 Å². The number of hydrogen-bond donors (Lipinski definition) is 2. The van der Waals surface area contributed by atoms with Crippen LogP contribution in [-0.2, 0) is 19.2 Å². The average Bonchev–Trinajstić information content (AvgIpc) is 3.26. The van der Waals surface area contributed by atoms with Crippen LogP contribution in [0.1, 0.15) is 57.1 Å². The molecule has 10 nitrogen and oxygen atoms in total. The number of amides is 2. The van der Waals surface area contributed by atoms with Crippen molar-refractivity contribution in [2.75, 3.05) is 26.7 Å². The van der Waals surface area contributed by atoms with Crippen LogP contribution < -0.4 is 14.8 Å². The number of ether oxygens (including phenoxy) is 2. The van der Waals surface area contributed by atoms with Gasteiger partial charge in [-0.1, -0.05) is 49.7 Å². The maximum atomic E-state index is 13.4. The van der Waals surface area contributed by atoms with Crippen LogP contribution in [0.15, 0.2) is 48.5 Å². The number of carboxylic acid groups (broad SMARTS) is 1. The number of likely N-dealkylation sites (tertiary alicyclic amines) is 1. The number of hydrogen-bond acceptors (Lipinski definition) is 8. The molecule has 4 atom stereocenters. The topological polar surface area (TPSA) is 125 Å². The number of rotatable bonds is 8.